The van der Waals surface area contributed by atoms with Crippen molar-refractivity contribution in [2.24, 2.45) is 0 Å². The first-order valence-corrected chi connectivity index (χ1v) is 2.09. The summed E-state index contributed by atoms with van der Waals surface area (Å²) in [5.74, 6) is 0.333. The fraction of sp³-hybridized carbons (Fsp3) is 0.333. The van der Waals surface area contributed by atoms with Crippen LogP contribution in [0.1, 0.15) is 5.69 Å². The number of anilines is 1. The summed E-state index contributed by atoms with van der Waals surface area (Å²) in [5, 5.41) is 13.4. The molecule has 0 spiro atoms. The normalized spacial score (nSPS) is 8.11. The minimum atomic E-state index is 0. The molecule has 0 saturated carbocycles. The SMILES string of the molecule is Cc1nnnnc1N.Cl. The van der Waals surface area contributed by atoms with E-state index < -0.39 is 0 Å². The van der Waals surface area contributed by atoms with Gasteiger partial charge >= 0.3 is 0 Å². The maximum Gasteiger partial charge on any atom is 0.171 e. The minimum Gasteiger partial charge on any atom is -0.381 e. The average Bonchev–Trinajstić information content (AvgIpc) is 1.77. The van der Waals surface area contributed by atoms with Crippen LogP contribution in [-0.4, -0.2) is 20.6 Å². The van der Waals surface area contributed by atoms with Gasteiger partial charge in [0.25, 0.3) is 0 Å². The van der Waals surface area contributed by atoms with Crippen molar-refractivity contribution in [3.63, 3.8) is 0 Å². The Morgan fingerprint density at radius 3 is 2.11 bits per heavy atom. The fourth-order valence-electron chi connectivity index (χ4n) is 0.279. The Balaban J connectivity index is 0.000000640. The van der Waals surface area contributed by atoms with Gasteiger partial charge < -0.3 is 5.73 Å². The van der Waals surface area contributed by atoms with Crippen LogP contribution in [0.4, 0.5) is 5.82 Å². The van der Waals surface area contributed by atoms with Crippen molar-refractivity contribution >= 4 is 18.2 Å². The van der Waals surface area contributed by atoms with E-state index in [4.69, 9.17) is 5.73 Å². The van der Waals surface area contributed by atoms with Gasteiger partial charge in [-0.25, -0.2) is 0 Å². The zero-order chi connectivity index (χ0) is 5.98. The molecule has 2 N–H and O–H groups in total. The van der Waals surface area contributed by atoms with Crippen LogP contribution < -0.4 is 5.73 Å². The Hall–Kier alpha value is -0.970. The summed E-state index contributed by atoms with van der Waals surface area (Å²) in [7, 11) is 0. The van der Waals surface area contributed by atoms with E-state index in [1.807, 2.05) is 0 Å². The molecule has 1 rings (SSSR count). The third kappa shape index (κ3) is 1.77. The number of nitrogens with zero attached hydrogens (tertiary/aromatic N) is 4. The molecule has 0 radical (unpaired) electrons. The highest BCUT2D eigenvalue weighted by molar-refractivity contribution is 5.85. The van der Waals surface area contributed by atoms with Crippen molar-refractivity contribution in [1.29, 1.82) is 0 Å². The van der Waals surface area contributed by atoms with Crippen molar-refractivity contribution in [2.45, 2.75) is 6.92 Å². The van der Waals surface area contributed by atoms with Crippen LogP contribution in [0.2, 0.25) is 0 Å². The highest BCUT2D eigenvalue weighted by atomic mass is 35.5. The van der Waals surface area contributed by atoms with Crippen molar-refractivity contribution in [2.75, 3.05) is 5.73 Å². The molecule has 0 amide bonds. The number of hydrogen-bond donors (Lipinski definition) is 1. The topological polar surface area (TPSA) is 77.6 Å². The largest absolute Gasteiger partial charge is 0.381 e. The molecule has 0 atom stereocenters. The molecule has 1 aromatic rings. The van der Waals surface area contributed by atoms with Gasteiger partial charge in [0.2, 0.25) is 0 Å². The van der Waals surface area contributed by atoms with Gasteiger partial charge in [-0.2, -0.15) is 0 Å². The van der Waals surface area contributed by atoms with Crippen LogP contribution in [-0.2, 0) is 0 Å². The van der Waals surface area contributed by atoms with E-state index in [-0.39, 0.29) is 12.4 Å². The van der Waals surface area contributed by atoms with Gasteiger partial charge in [-0.15, -0.1) is 22.6 Å². The first-order chi connectivity index (χ1) is 3.80. The van der Waals surface area contributed by atoms with Gasteiger partial charge in [0.05, 0.1) is 0 Å². The lowest BCUT2D eigenvalue weighted by atomic mass is 10.5. The molecule has 0 saturated heterocycles. The molecule has 0 aliphatic heterocycles. The second-order valence-electron chi connectivity index (χ2n) is 1.35. The Labute approximate surface area is 58.1 Å². The van der Waals surface area contributed by atoms with Gasteiger partial charge in [0.15, 0.2) is 5.82 Å². The molecular weight excluding hydrogens is 142 g/mol. The molecule has 6 heteroatoms. The van der Waals surface area contributed by atoms with Crippen LogP contribution in [0.5, 0.6) is 0 Å². The molecule has 1 heterocycles. The molecule has 0 unspecified atom stereocenters. The lowest BCUT2D eigenvalue weighted by molar-refractivity contribution is 0.751. The molecule has 0 bridgehead atoms. The maximum absolute atomic E-state index is 5.24. The summed E-state index contributed by atoms with van der Waals surface area (Å²) in [5.41, 5.74) is 5.85. The highest BCUT2D eigenvalue weighted by Gasteiger charge is 1.91. The molecule has 5 nitrogen and oxygen atoms in total. The van der Waals surface area contributed by atoms with E-state index in [1.165, 1.54) is 0 Å². The van der Waals surface area contributed by atoms with Crippen molar-refractivity contribution < 1.29 is 0 Å². The van der Waals surface area contributed by atoms with Crippen LogP contribution in [0, 0.1) is 6.92 Å². The standard InChI is InChI=1S/C3H5N5.ClH/c1-2-3(4)6-8-7-5-2;/h1H3,(H2,4,6,7);1H. The van der Waals surface area contributed by atoms with Crippen molar-refractivity contribution in [1.82, 2.24) is 20.6 Å². The molecule has 1 aromatic heterocycles. The Bertz CT molecular complexity index is 168. The zero-order valence-corrected chi connectivity index (χ0v) is 5.59. The lowest BCUT2D eigenvalue weighted by Crippen LogP contribution is -2.00. The smallest absolute Gasteiger partial charge is 0.171 e. The summed E-state index contributed by atoms with van der Waals surface area (Å²) in [4.78, 5) is 0. The monoisotopic (exact) mass is 147 g/mol. The molecular formula is C3H6ClN5. The second kappa shape index (κ2) is 3.13. The number of aryl methyl sites for hydroxylation is 1. The number of nitrogen functional groups attached to an aromatic ring is 1. The quantitative estimate of drug-likeness (QED) is 0.539. The summed E-state index contributed by atoms with van der Waals surface area (Å²) in [6.07, 6.45) is 0. The molecule has 0 aliphatic rings. The first-order valence-electron chi connectivity index (χ1n) is 2.09. The Morgan fingerprint density at radius 1 is 1.22 bits per heavy atom. The fourth-order valence-corrected chi connectivity index (χ4v) is 0.279. The van der Waals surface area contributed by atoms with Crippen LogP contribution in [0.3, 0.4) is 0 Å². The van der Waals surface area contributed by atoms with Gasteiger partial charge in [-0.1, -0.05) is 0 Å². The highest BCUT2D eigenvalue weighted by Crippen LogP contribution is 1.93. The summed E-state index contributed by atoms with van der Waals surface area (Å²) < 4.78 is 0. The minimum absolute atomic E-state index is 0. The van der Waals surface area contributed by atoms with E-state index in [0.717, 1.165) is 0 Å². The van der Waals surface area contributed by atoms with Crippen LogP contribution in [0.15, 0.2) is 0 Å². The predicted molar refractivity (Wildman–Crippen MR) is 34.0 cm³/mol. The van der Waals surface area contributed by atoms with E-state index >= 15 is 0 Å². The van der Waals surface area contributed by atoms with Gasteiger partial charge in [-0.3, -0.25) is 0 Å². The number of nitrogens with two attached hydrogens (primary N) is 1. The first kappa shape index (κ1) is 8.03. The lowest BCUT2D eigenvalue weighted by Gasteiger charge is -1.88. The summed E-state index contributed by atoms with van der Waals surface area (Å²) >= 11 is 0. The van der Waals surface area contributed by atoms with E-state index in [9.17, 15) is 0 Å². The molecule has 50 valence electrons. The van der Waals surface area contributed by atoms with Crippen molar-refractivity contribution in [3.05, 3.63) is 5.69 Å². The Kier molecular flexibility index (Phi) is 2.80. The predicted octanol–water partition coefficient (Wildman–Crippen LogP) is -0.421. The summed E-state index contributed by atoms with van der Waals surface area (Å²) in [6, 6.07) is 0. The third-order valence-electron chi connectivity index (χ3n) is 0.758. The van der Waals surface area contributed by atoms with Gasteiger partial charge in [-0.05, 0) is 17.4 Å². The van der Waals surface area contributed by atoms with Crippen molar-refractivity contribution in [3.8, 4) is 0 Å². The maximum atomic E-state index is 5.24. The molecule has 9 heavy (non-hydrogen) atoms. The number of halogens is 1. The summed E-state index contributed by atoms with van der Waals surface area (Å²) in [6.45, 7) is 1.72. The average molecular weight is 148 g/mol. The number of rotatable bonds is 0. The van der Waals surface area contributed by atoms with E-state index in [1.54, 1.807) is 6.92 Å². The van der Waals surface area contributed by atoms with Gasteiger partial charge in [0, 0.05) is 0 Å². The third-order valence-corrected chi connectivity index (χ3v) is 0.758. The molecule has 0 fully saturated rings. The zero-order valence-electron chi connectivity index (χ0n) is 4.77. The van der Waals surface area contributed by atoms with Gasteiger partial charge in [0.1, 0.15) is 5.69 Å². The Morgan fingerprint density at radius 2 is 1.78 bits per heavy atom. The van der Waals surface area contributed by atoms with E-state index in [2.05, 4.69) is 20.6 Å². The van der Waals surface area contributed by atoms with E-state index in [0.29, 0.717) is 11.5 Å². The number of aromatic nitrogens is 4. The molecule has 0 aromatic carbocycles. The molecule has 0 aliphatic carbocycles. The number of hydrogen-bond acceptors (Lipinski definition) is 5. The second-order valence-corrected chi connectivity index (χ2v) is 1.35. The van der Waals surface area contributed by atoms with Crippen LogP contribution >= 0.6 is 12.4 Å². The van der Waals surface area contributed by atoms with Crippen LogP contribution in [0.25, 0.3) is 0 Å².